The number of fused-ring (bicyclic) bond motifs is 6. The van der Waals surface area contributed by atoms with E-state index in [0.29, 0.717) is 0 Å². The first kappa shape index (κ1) is 30.6. The third-order valence-electron chi connectivity index (χ3n) is 10.9. The molecule has 0 aromatic heterocycles. The molecule has 2 heterocycles. The number of hydrogen-bond acceptors (Lipinski definition) is 3. The van der Waals surface area contributed by atoms with E-state index >= 15 is 0 Å². The molecule has 0 aliphatic carbocycles. The second-order valence-corrected chi connectivity index (χ2v) is 14.1. The fraction of sp³-hybridized carbons (Fsp3) is 0. The van der Waals surface area contributed by atoms with E-state index in [1.807, 2.05) is 12.1 Å². The first-order chi connectivity index (χ1) is 26.8. The Morgan fingerprint density at radius 3 is 1.30 bits per heavy atom. The lowest BCUT2D eigenvalue weighted by atomic mass is 9.34. The molecule has 4 heteroatoms. The minimum Gasteiger partial charge on any atom is -0.458 e. The van der Waals surface area contributed by atoms with Gasteiger partial charge in [0.25, 0.3) is 6.71 Å². The molecule has 0 amide bonds. The van der Waals surface area contributed by atoms with Gasteiger partial charge in [0.1, 0.15) is 23.0 Å². The van der Waals surface area contributed by atoms with Crippen LogP contribution in [0.1, 0.15) is 0 Å². The fourth-order valence-corrected chi connectivity index (χ4v) is 8.51. The van der Waals surface area contributed by atoms with Gasteiger partial charge in [-0.05, 0) is 91.1 Å². The standard InChI is InChI=1S/C50H32BNO2/c1-3-17-37(18-4-1)52(38-19-5-2-6-20-38)39-31-48-50-49(32-39)54-47-28-26-36(43-24-12-16-34-14-8-10-22-41(34)43)30-45(47)51(50)44-29-35(25-27-46(44)53-48)42-23-11-15-33-13-7-9-21-40(33)42/h1-32H. The van der Waals surface area contributed by atoms with Crippen LogP contribution in [0.4, 0.5) is 17.1 Å². The van der Waals surface area contributed by atoms with Crippen LogP contribution in [0.15, 0.2) is 194 Å². The maximum atomic E-state index is 6.95. The molecule has 9 aromatic rings. The molecule has 0 fully saturated rings. The van der Waals surface area contributed by atoms with Gasteiger partial charge in [0, 0.05) is 29.0 Å². The number of para-hydroxylation sites is 2. The van der Waals surface area contributed by atoms with Crippen molar-refractivity contribution in [2.45, 2.75) is 0 Å². The van der Waals surface area contributed by atoms with E-state index in [4.69, 9.17) is 9.47 Å². The Bertz CT molecular complexity index is 2700. The Morgan fingerprint density at radius 1 is 0.352 bits per heavy atom. The Labute approximate surface area is 314 Å². The van der Waals surface area contributed by atoms with Crippen molar-refractivity contribution < 1.29 is 9.47 Å². The maximum Gasteiger partial charge on any atom is 0.260 e. The minimum absolute atomic E-state index is 0.108. The molecule has 0 unspecified atom stereocenters. The summed E-state index contributed by atoms with van der Waals surface area (Å²) in [5.74, 6) is 3.31. The highest BCUT2D eigenvalue weighted by Crippen LogP contribution is 2.43. The van der Waals surface area contributed by atoms with E-state index in [-0.39, 0.29) is 6.71 Å². The third kappa shape index (κ3) is 4.92. The highest BCUT2D eigenvalue weighted by Gasteiger charge is 2.41. The zero-order chi connectivity index (χ0) is 35.6. The molecule has 0 radical (unpaired) electrons. The molecule has 0 N–H and O–H groups in total. The zero-order valence-electron chi connectivity index (χ0n) is 29.3. The van der Waals surface area contributed by atoms with Crippen molar-refractivity contribution in [1.29, 1.82) is 0 Å². The van der Waals surface area contributed by atoms with Crippen LogP contribution in [0, 0.1) is 0 Å². The molecule has 9 aromatic carbocycles. The van der Waals surface area contributed by atoms with Gasteiger partial charge in [0.2, 0.25) is 0 Å². The lowest BCUT2D eigenvalue weighted by Crippen LogP contribution is -2.57. The monoisotopic (exact) mass is 689 g/mol. The lowest BCUT2D eigenvalue weighted by Gasteiger charge is -2.35. The van der Waals surface area contributed by atoms with Crippen molar-refractivity contribution in [3.63, 3.8) is 0 Å². The van der Waals surface area contributed by atoms with E-state index in [0.717, 1.165) is 67.6 Å². The van der Waals surface area contributed by atoms with E-state index in [1.165, 1.54) is 32.7 Å². The van der Waals surface area contributed by atoms with Crippen molar-refractivity contribution in [3.8, 4) is 45.3 Å². The van der Waals surface area contributed by atoms with Crippen molar-refractivity contribution in [2.75, 3.05) is 4.90 Å². The van der Waals surface area contributed by atoms with Gasteiger partial charge in [-0.2, -0.15) is 0 Å². The quantitative estimate of drug-likeness (QED) is 0.168. The summed E-state index contributed by atoms with van der Waals surface area (Å²) in [7, 11) is 0. The summed E-state index contributed by atoms with van der Waals surface area (Å²) in [6.45, 7) is -0.108. The normalized spacial score (nSPS) is 12.3. The molecule has 3 nitrogen and oxygen atoms in total. The second-order valence-electron chi connectivity index (χ2n) is 14.1. The van der Waals surface area contributed by atoms with Gasteiger partial charge >= 0.3 is 0 Å². The Hall–Kier alpha value is -7.04. The first-order valence-electron chi connectivity index (χ1n) is 18.4. The van der Waals surface area contributed by atoms with Gasteiger partial charge in [0.05, 0.1) is 5.69 Å². The average Bonchev–Trinajstić information content (AvgIpc) is 3.23. The minimum atomic E-state index is -0.108. The topological polar surface area (TPSA) is 21.7 Å². The predicted molar refractivity (Wildman–Crippen MR) is 225 cm³/mol. The number of ether oxygens (including phenoxy) is 2. The molecule has 0 spiro atoms. The van der Waals surface area contributed by atoms with Crippen LogP contribution in [0.2, 0.25) is 0 Å². The molecule has 0 saturated carbocycles. The zero-order valence-corrected chi connectivity index (χ0v) is 29.3. The van der Waals surface area contributed by atoms with Gasteiger partial charge in [-0.15, -0.1) is 0 Å². The van der Waals surface area contributed by atoms with Crippen molar-refractivity contribution >= 4 is 61.7 Å². The molecular formula is C50H32BNO2. The highest BCUT2D eigenvalue weighted by molar-refractivity contribution is 6.98. The van der Waals surface area contributed by atoms with E-state index < -0.39 is 0 Å². The van der Waals surface area contributed by atoms with Gasteiger partial charge in [0.15, 0.2) is 0 Å². The predicted octanol–water partition coefficient (Wildman–Crippen LogP) is 11.5. The SMILES string of the molecule is c1ccc(N(c2ccccc2)c2cc3c4c(c2)Oc2ccc(-c5cccc6ccccc56)cc2B4c2cc(-c4cccc5ccccc45)ccc2O3)cc1. The molecule has 54 heavy (non-hydrogen) atoms. The summed E-state index contributed by atoms with van der Waals surface area (Å²) < 4.78 is 13.9. The molecule has 0 atom stereocenters. The van der Waals surface area contributed by atoms with Gasteiger partial charge in [-0.25, -0.2) is 0 Å². The van der Waals surface area contributed by atoms with E-state index in [9.17, 15) is 0 Å². The van der Waals surface area contributed by atoms with Gasteiger partial charge < -0.3 is 14.4 Å². The molecule has 2 aliphatic rings. The number of hydrogen-bond donors (Lipinski definition) is 0. The van der Waals surface area contributed by atoms with E-state index in [2.05, 4.69) is 187 Å². The average molecular weight is 690 g/mol. The molecule has 11 rings (SSSR count). The maximum absolute atomic E-state index is 6.95. The van der Waals surface area contributed by atoms with Gasteiger partial charge in [-0.3, -0.25) is 0 Å². The molecule has 2 aliphatic heterocycles. The van der Waals surface area contributed by atoms with Crippen molar-refractivity contribution in [3.05, 3.63) is 194 Å². The summed E-state index contributed by atoms with van der Waals surface area (Å²) in [6, 6.07) is 69.0. The summed E-state index contributed by atoms with van der Waals surface area (Å²) in [5.41, 5.74) is 11.1. The largest absolute Gasteiger partial charge is 0.458 e. The highest BCUT2D eigenvalue weighted by atomic mass is 16.5. The van der Waals surface area contributed by atoms with Crippen LogP contribution in [0.25, 0.3) is 43.8 Å². The van der Waals surface area contributed by atoms with Crippen LogP contribution in [0.5, 0.6) is 23.0 Å². The molecule has 252 valence electrons. The Kier molecular flexibility index (Phi) is 6.96. The number of nitrogens with zero attached hydrogens (tertiary/aromatic N) is 1. The summed E-state index contributed by atoms with van der Waals surface area (Å²) in [5, 5.41) is 4.91. The van der Waals surface area contributed by atoms with Crippen LogP contribution in [0.3, 0.4) is 0 Å². The third-order valence-corrected chi connectivity index (χ3v) is 10.9. The molecule has 0 saturated heterocycles. The summed E-state index contributed by atoms with van der Waals surface area (Å²) in [4.78, 5) is 2.26. The van der Waals surface area contributed by atoms with Crippen molar-refractivity contribution in [2.24, 2.45) is 0 Å². The van der Waals surface area contributed by atoms with Crippen LogP contribution < -0.4 is 30.8 Å². The molecule has 0 bridgehead atoms. The van der Waals surface area contributed by atoms with Crippen LogP contribution in [-0.2, 0) is 0 Å². The Morgan fingerprint density at radius 2 is 0.796 bits per heavy atom. The Balaban J connectivity index is 1.13. The lowest BCUT2D eigenvalue weighted by molar-refractivity contribution is 0.465. The van der Waals surface area contributed by atoms with Crippen molar-refractivity contribution in [1.82, 2.24) is 0 Å². The number of benzene rings is 9. The van der Waals surface area contributed by atoms with Crippen LogP contribution >= 0.6 is 0 Å². The second kappa shape index (κ2) is 12.3. The van der Waals surface area contributed by atoms with E-state index in [1.54, 1.807) is 0 Å². The fourth-order valence-electron chi connectivity index (χ4n) is 8.51. The number of anilines is 3. The molecular weight excluding hydrogens is 657 g/mol. The number of rotatable bonds is 5. The van der Waals surface area contributed by atoms with Crippen LogP contribution in [-0.4, -0.2) is 6.71 Å². The summed E-state index contributed by atoms with van der Waals surface area (Å²) in [6.07, 6.45) is 0. The smallest absolute Gasteiger partial charge is 0.260 e. The first-order valence-corrected chi connectivity index (χ1v) is 18.4. The van der Waals surface area contributed by atoms with Gasteiger partial charge in [-0.1, -0.05) is 146 Å². The summed E-state index contributed by atoms with van der Waals surface area (Å²) >= 11 is 0.